The highest BCUT2D eigenvalue weighted by atomic mass is 16.1. The van der Waals surface area contributed by atoms with Gasteiger partial charge in [-0.15, -0.1) is 0 Å². The van der Waals surface area contributed by atoms with Crippen LogP contribution < -0.4 is 5.56 Å². The van der Waals surface area contributed by atoms with E-state index < -0.39 is 0 Å². The third kappa shape index (κ3) is 5.01. The van der Waals surface area contributed by atoms with Gasteiger partial charge in [-0.25, -0.2) is 4.68 Å². The van der Waals surface area contributed by atoms with E-state index in [0.717, 1.165) is 54.8 Å². The molecule has 0 atom stereocenters. The molecule has 5 heteroatoms. The summed E-state index contributed by atoms with van der Waals surface area (Å²) in [7, 11) is 0. The normalized spacial score (nSPS) is 15.3. The molecule has 0 unspecified atom stereocenters. The standard InChI is InChI=1S/C29H30N4O/c1-23-13-15-25(16-14-23)28-26-11-5-6-12-27(26)29(34)33(30-28)22-32-20-18-31(19-21-32)17-7-10-24-8-3-2-4-9-24/h2-16H,17-22H2,1H3/b10-7+. The van der Waals surface area contributed by atoms with Gasteiger partial charge in [0.15, 0.2) is 0 Å². The van der Waals surface area contributed by atoms with E-state index in [-0.39, 0.29) is 5.56 Å². The predicted octanol–water partition coefficient (Wildman–Crippen LogP) is 4.66. The van der Waals surface area contributed by atoms with Gasteiger partial charge in [-0.2, -0.15) is 5.10 Å². The highest BCUT2D eigenvalue weighted by molar-refractivity contribution is 5.93. The van der Waals surface area contributed by atoms with E-state index in [9.17, 15) is 4.79 Å². The lowest BCUT2D eigenvalue weighted by molar-refractivity contribution is 0.109. The van der Waals surface area contributed by atoms with Crippen LogP contribution in [0.1, 0.15) is 11.1 Å². The molecule has 0 N–H and O–H groups in total. The summed E-state index contributed by atoms with van der Waals surface area (Å²) >= 11 is 0. The van der Waals surface area contributed by atoms with E-state index in [1.807, 2.05) is 30.3 Å². The Kier molecular flexibility index (Phi) is 6.65. The fraction of sp³-hybridized carbons (Fsp3) is 0.241. The highest BCUT2D eigenvalue weighted by Crippen LogP contribution is 2.25. The van der Waals surface area contributed by atoms with Crippen LogP contribution in [0.15, 0.2) is 89.7 Å². The second-order valence-corrected chi connectivity index (χ2v) is 8.94. The van der Waals surface area contributed by atoms with E-state index >= 15 is 0 Å². The maximum absolute atomic E-state index is 13.2. The Morgan fingerprint density at radius 3 is 2.18 bits per heavy atom. The van der Waals surface area contributed by atoms with Gasteiger partial charge in [0.05, 0.1) is 17.7 Å². The Hall–Kier alpha value is -3.54. The summed E-state index contributed by atoms with van der Waals surface area (Å²) in [5, 5.41) is 6.46. The topological polar surface area (TPSA) is 41.4 Å². The number of piperazine rings is 1. The lowest BCUT2D eigenvalue weighted by atomic mass is 10.0. The van der Waals surface area contributed by atoms with Crippen molar-refractivity contribution in [1.29, 1.82) is 0 Å². The average molecular weight is 451 g/mol. The van der Waals surface area contributed by atoms with Gasteiger partial charge in [-0.1, -0.05) is 90.5 Å². The monoisotopic (exact) mass is 450 g/mol. The molecular formula is C29H30N4O. The van der Waals surface area contributed by atoms with Crippen molar-refractivity contribution in [3.63, 3.8) is 0 Å². The number of aromatic nitrogens is 2. The summed E-state index contributed by atoms with van der Waals surface area (Å²) in [6, 6.07) is 26.5. The minimum absolute atomic E-state index is 0.0281. The molecule has 34 heavy (non-hydrogen) atoms. The largest absolute Gasteiger partial charge is 0.297 e. The van der Waals surface area contributed by atoms with Crippen LogP contribution in [0.25, 0.3) is 28.1 Å². The van der Waals surface area contributed by atoms with E-state index in [4.69, 9.17) is 5.10 Å². The fourth-order valence-corrected chi connectivity index (χ4v) is 4.46. The molecule has 0 radical (unpaired) electrons. The van der Waals surface area contributed by atoms with Gasteiger partial charge in [-0.3, -0.25) is 14.6 Å². The van der Waals surface area contributed by atoms with Crippen LogP contribution >= 0.6 is 0 Å². The molecule has 2 heterocycles. The van der Waals surface area contributed by atoms with Crippen molar-refractivity contribution in [2.45, 2.75) is 13.6 Å². The third-order valence-electron chi connectivity index (χ3n) is 6.47. The van der Waals surface area contributed by atoms with Gasteiger partial charge >= 0.3 is 0 Å². The molecule has 1 aromatic heterocycles. The van der Waals surface area contributed by atoms with Crippen LogP contribution in [0, 0.1) is 6.92 Å². The summed E-state index contributed by atoms with van der Waals surface area (Å²) in [4.78, 5) is 18.0. The van der Waals surface area contributed by atoms with Crippen molar-refractivity contribution in [1.82, 2.24) is 19.6 Å². The van der Waals surface area contributed by atoms with Gasteiger partial charge in [0.2, 0.25) is 0 Å². The maximum atomic E-state index is 13.2. The van der Waals surface area contributed by atoms with Crippen molar-refractivity contribution in [2.24, 2.45) is 0 Å². The molecule has 3 aromatic carbocycles. The Morgan fingerprint density at radius 1 is 0.794 bits per heavy atom. The van der Waals surface area contributed by atoms with E-state index in [1.54, 1.807) is 4.68 Å². The lowest BCUT2D eigenvalue weighted by Crippen LogP contribution is -2.48. The quantitative estimate of drug-likeness (QED) is 0.428. The first-order valence-electron chi connectivity index (χ1n) is 11.9. The Labute approximate surface area is 200 Å². The highest BCUT2D eigenvalue weighted by Gasteiger charge is 2.18. The molecule has 0 bridgehead atoms. The van der Waals surface area contributed by atoms with E-state index in [2.05, 4.69) is 77.4 Å². The second-order valence-electron chi connectivity index (χ2n) is 8.94. The van der Waals surface area contributed by atoms with Crippen LogP contribution in [-0.2, 0) is 6.67 Å². The minimum Gasteiger partial charge on any atom is -0.297 e. The fourth-order valence-electron chi connectivity index (χ4n) is 4.46. The van der Waals surface area contributed by atoms with Crippen molar-refractivity contribution in [3.05, 3.63) is 106 Å². The third-order valence-corrected chi connectivity index (χ3v) is 6.47. The van der Waals surface area contributed by atoms with Crippen LogP contribution in [0.4, 0.5) is 0 Å². The van der Waals surface area contributed by atoms with E-state index in [1.165, 1.54) is 11.1 Å². The zero-order valence-corrected chi connectivity index (χ0v) is 19.6. The van der Waals surface area contributed by atoms with Crippen LogP contribution in [0.2, 0.25) is 0 Å². The van der Waals surface area contributed by atoms with Gasteiger partial charge < -0.3 is 0 Å². The molecule has 0 aliphatic carbocycles. The summed E-state index contributed by atoms with van der Waals surface area (Å²) in [6.45, 7) is 7.32. The van der Waals surface area contributed by atoms with Gasteiger partial charge in [-0.05, 0) is 18.6 Å². The molecular weight excluding hydrogens is 420 g/mol. The summed E-state index contributed by atoms with van der Waals surface area (Å²) in [6.07, 6.45) is 4.41. The van der Waals surface area contributed by atoms with Crippen LogP contribution in [0.3, 0.4) is 0 Å². The molecule has 5 nitrogen and oxygen atoms in total. The van der Waals surface area contributed by atoms with Gasteiger partial charge in [0, 0.05) is 43.7 Å². The Bertz CT molecular complexity index is 1330. The molecule has 5 rings (SSSR count). The number of nitrogens with zero attached hydrogens (tertiary/aromatic N) is 4. The Balaban J connectivity index is 1.30. The van der Waals surface area contributed by atoms with Crippen LogP contribution in [0.5, 0.6) is 0 Å². The number of hydrogen-bond acceptors (Lipinski definition) is 4. The van der Waals surface area contributed by atoms with Crippen LogP contribution in [-0.4, -0.2) is 52.3 Å². The molecule has 1 saturated heterocycles. The number of hydrogen-bond donors (Lipinski definition) is 0. The molecule has 0 spiro atoms. The Morgan fingerprint density at radius 2 is 1.44 bits per heavy atom. The first kappa shape index (κ1) is 22.3. The van der Waals surface area contributed by atoms with Crippen molar-refractivity contribution >= 4 is 16.8 Å². The molecule has 172 valence electrons. The zero-order chi connectivity index (χ0) is 23.3. The molecule has 1 fully saturated rings. The number of benzene rings is 3. The molecule has 1 aliphatic rings. The number of aryl methyl sites for hydroxylation is 1. The second kappa shape index (κ2) is 10.2. The van der Waals surface area contributed by atoms with Crippen molar-refractivity contribution in [2.75, 3.05) is 32.7 Å². The van der Waals surface area contributed by atoms with Gasteiger partial charge in [0.25, 0.3) is 5.56 Å². The molecule has 4 aromatic rings. The first-order chi connectivity index (χ1) is 16.7. The smallest absolute Gasteiger partial charge is 0.275 e. The first-order valence-corrected chi connectivity index (χ1v) is 11.9. The summed E-state index contributed by atoms with van der Waals surface area (Å²) in [5.41, 5.74) is 4.30. The van der Waals surface area contributed by atoms with E-state index in [0.29, 0.717) is 6.67 Å². The SMILES string of the molecule is Cc1ccc(-c2nn(CN3CCN(C/C=C/c4ccccc4)CC3)c(=O)c3ccccc23)cc1. The zero-order valence-electron chi connectivity index (χ0n) is 19.6. The van der Waals surface area contributed by atoms with Crippen molar-refractivity contribution in [3.8, 4) is 11.3 Å². The minimum atomic E-state index is -0.0281. The predicted molar refractivity (Wildman–Crippen MR) is 140 cm³/mol. The number of rotatable bonds is 6. The molecule has 0 saturated carbocycles. The molecule has 0 amide bonds. The average Bonchev–Trinajstić information content (AvgIpc) is 2.88. The van der Waals surface area contributed by atoms with Crippen molar-refractivity contribution < 1.29 is 0 Å². The number of fused-ring (bicyclic) bond motifs is 1. The lowest BCUT2D eigenvalue weighted by Gasteiger charge is -2.34. The summed E-state index contributed by atoms with van der Waals surface area (Å²) < 4.78 is 1.64. The maximum Gasteiger partial charge on any atom is 0.275 e. The molecule has 1 aliphatic heterocycles. The summed E-state index contributed by atoms with van der Waals surface area (Å²) in [5.74, 6) is 0. The van der Waals surface area contributed by atoms with Gasteiger partial charge in [0.1, 0.15) is 0 Å².